The molecule has 2 atom stereocenters. The summed E-state index contributed by atoms with van der Waals surface area (Å²) in [5.41, 5.74) is 13.8. The molecule has 0 aromatic heterocycles. The summed E-state index contributed by atoms with van der Waals surface area (Å²) in [6, 6.07) is 32.1. The third-order valence-corrected chi connectivity index (χ3v) is 39.8. The van der Waals surface area contributed by atoms with E-state index in [2.05, 4.69) is 148 Å². The van der Waals surface area contributed by atoms with Crippen molar-refractivity contribution in [3.63, 3.8) is 0 Å². The van der Waals surface area contributed by atoms with E-state index in [9.17, 15) is 0 Å². The van der Waals surface area contributed by atoms with Crippen LogP contribution in [0.2, 0.25) is 14.0 Å². The fraction of sp³-hybridized carbons (Fsp3) is 0.256. The summed E-state index contributed by atoms with van der Waals surface area (Å²) in [7, 11) is 0. The number of hydrogen-bond donors (Lipinski definition) is 0. The Kier molecular flexibility index (Phi) is 6.35. The van der Waals surface area contributed by atoms with Crippen molar-refractivity contribution in [2.45, 2.75) is 55.0 Å². The Hall–Kier alpha value is -2.90. The molecule has 2 aliphatic rings. The van der Waals surface area contributed by atoms with Gasteiger partial charge in [0, 0.05) is 0 Å². The van der Waals surface area contributed by atoms with Crippen LogP contribution in [0.5, 0.6) is 0 Å². The van der Waals surface area contributed by atoms with Crippen LogP contribution in [0.3, 0.4) is 0 Å². The molecular weight excluding hydrogens is 647 g/mol. The molecule has 0 fully saturated rings. The van der Waals surface area contributed by atoms with Crippen LogP contribution in [0, 0.1) is 13.8 Å². The molecule has 4 aromatic carbocycles. The van der Waals surface area contributed by atoms with Gasteiger partial charge in [0.15, 0.2) is 0 Å². The molecule has 0 nitrogen and oxygen atoms in total. The fourth-order valence-electron chi connectivity index (χ4n) is 7.93. The Morgan fingerprint density at radius 3 is 1.43 bits per heavy atom. The van der Waals surface area contributed by atoms with Gasteiger partial charge in [0.25, 0.3) is 0 Å². The Morgan fingerprint density at radius 1 is 0.600 bits per heavy atom. The Labute approximate surface area is 238 Å². The summed E-state index contributed by atoms with van der Waals surface area (Å²) < 4.78 is 12.0. The SMILES string of the molecule is CCC[CH]=[Hf]([CH3])([CH3])([CH3])([CH]1C=Cc2c(-c3ccc(C)cc3)cccc21)[CH]1C=Cc2c(-c3ccc(C)cc3)cccc21. The van der Waals surface area contributed by atoms with E-state index in [1.807, 2.05) is 0 Å². The fourth-order valence-corrected chi connectivity index (χ4v) is 34.0. The van der Waals surface area contributed by atoms with E-state index < -0.39 is 16.5 Å². The quantitative estimate of drug-likeness (QED) is 0.177. The Balaban J connectivity index is 1.54. The molecule has 0 N–H and O–H groups in total. The van der Waals surface area contributed by atoms with Crippen molar-refractivity contribution in [2.75, 3.05) is 0 Å². The molecule has 40 heavy (non-hydrogen) atoms. The molecule has 203 valence electrons. The van der Waals surface area contributed by atoms with E-state index in [0.29, 0.717) is 7.35 Å². The van der Waals surface area contributed by atoms with Crippen molar-refractivity contribution >= 4 is 15.9 Å². The summed E-state index contributed by atoms with van der Waals surface area (Å²) in [6.45, 7) is 6.66. The van der Waals surface area contributed by atoms with Gasteiger partial charge in [-0.3, -0.25) is 0 Å². The zero-order valence-corrected chi connectivity index (χ0v) is 28.6. The first-order valence-electron chi connectivity index (χ1n) is 15.1. The van der Waals surface area contributed by atoms with Crippen LogP contribution in [-0.2, 0) is 16.5 Å². The van der Waals surface area contributed by atoms with Crippen LogP contribution in [0.25, 0.3) is 34.4 Å². The van der Waals surface area contributed by atoms with Gasteiger partial charge in [-0.2, -0.15) is 0 Å². The predicted molar refractivity (Wildman–Crippen MR) is 175 cm³/mol. The molecular formula is C39H43Hf. The average Bonchev–Trinajstić information content (AvgIpc) is 3.60. The van der Waals surface area contributed by atoms with Crippen LogP contribution in [0.1, 0.15) is 60.5 Å². The molecule has 0 saturated heterocycles. The molecule has 0 aliphatic heterocycles. The van der Waals surface area contributed by atoms with Crippen molar-refractivity contribution in [3.05, 3.63) is 130 Å². The standard InChI is InChI=1S/2C16H13.C4H8.3CH3.Hf/c2*1-12-8-10-14(11-9-12)16-7-3-5-13-4-2-6-15(13)16;1-3-4-2;;;;/h2*2-11H,1H3;1H,3-4H2,2H3;3*1H3;. The molecule has 2 aliphatic carbocycles. The minimum absolute atomic E-state index is 0.436. The number of unbranched alkanes of at least 4 members (excludes halogenated alkanes) is 1. The number of allylic oxidation sites excluding steroid dienone is 2. The van der Waals surface area contributed by atoms with E-state index in [4.69, 9.17) is 0 Å². The average molecular weight is 690 g/mol. The topological polar surface area (TPSA) is 0 Å². The van der Waals surface area contributed by atoms with E-state index >= 15 is 0 Å². The summed E-state index contributed by atoms with van der Waals surface area (Å²) in [5.74, 6) is 0. The Bertz CT molecular complexity index is 1640. The molecule has 1 heteroatoms. The van der Waals surface area contributed by atoms with Gasteiger partial charge in [-0.1, -0.05) is 0 Å². The predicted octanol–water partition coefficient (Wildman–Crippen LogP) is 11.4. The first-order chi connectivity index (χ1) is 19.0. The second-order valence-corrected chi connectivity index (χ2v) is 53.6. The van der Waals surface area contributed by atoms with E-state index in [1.165, 1.54) is 68.5 Å². The zero-order valence-electron chi connectivity index (χ0n) is 25.0. The van der Waals surface area contributed by atoms with Crippen LogP contribution in [0.4, 0.5) is 0 Å². The third-order valence-electron chi connectivity index (χ3n) is 10.5. The third kappa shape index (κ3) is 4.24. The molecule has 0 saturated carbocycles. The first kappa shape index (κ1) is 27.3. The number of hydrogen-bond acceptors (Lipinski definition) is 0. The van der Waals surface area contributed by atoms with Gasteiger partial charge >= 0.3 is 240 Å². The molecule has 0 heterocycles. The van der Waals surface area contributed by atoms with Crippen molar-refractivity contribution in [2.24, 2.45) is 0 Å². The molecule has 4 aromatic rings. The van der Waals surface area contributed by atoms with Gasteiger partial charge in [-0.05, 0) is 0 Å². The molecule has 2 unspecified atom stereocenters. The van der Waals surface area contributed by atoms with Crippen molar-refractivity contribution in [3.8, 4) is 22.3 Å². The van der Waals surface area contributed by atoms with Crippen LogP contribution in [0.15, 0.2) is 97.1 Å². The molecule has 0 radical (unpaired) electrons. The van der Waals surface area contributed by atoms with Gasteiger partial charge in [0.2, 0.25) is 0 Å². The van der Waals surface area contributed by atoms with Gasteiger partial charge in [-0.25, -0.2) is 0 Å². The summed E-state index contributed by atoms with van der Waals surface area (Å²) in [4.78, 5) is 0. The van der Waals surface area contributed by atoms with Crippen molar-refractivity contribution < 1.29 is 16.5 Å². The van der Waals surface area contributed by atoms with Crippen LogP contribution >= 0.6 is 0 Å². The maximum absolute atomic E-state index is 4.44. The van der Waals surface area contributed by atoms with Gasteiger partial charge in [0.1, 0.15) is 0 Å². The minimum atomic E-state index is -4.44. The normalized spacial score (nSPS) is 19.1. The number of fused-ring (bicyclic) bond motifs is 2. The van der Waals surface area contributed by atoms with Crippen LogP contribution in [-0.4, -0.2) is 3.76 Å². The number of benzene rings is 4. The molecule has 0 amide bonds. The molecule has 0 bridgehead atoms. The second-order valence-electron chi connectivity index (χ2n) is 14.6. The maximum atomic E-state index is 2.88. The Morgan fingerprint density at radius 2 is 1.02 bits per heavy atom. The van der Waals surface area contributed by atoms with Crippen molar-refractivity contribution in [1.29, 1.82) is 0 Å². The summed E-state index contributed by atoms with van der Waals surface area (Å²) in [6.07, 6.45) is 12.4. The first-order valence-corrected chi connectivity index (χ1v) is 32.1. The van der Waals surface area contributed by atoms with E-state index in [0.717, 1.165) is 0 Å². The molecule has 0 spiro atoms. The van der Waals surface area contributed by atoms with Gasteiger partial charge in [-0.15, -0.1) is 0 Å². The number of aryl methyl sites for hydroxylation is 2. The van der Waals surface area contributed by atoms with E-state index in [-0.39, 0.29) is 0 Å². The summed E-state index contributed by atoms with van der Waals surface area (Å²) in [5, 5.41) is 0. The zero-order chi connectivity index (χ0) is 28.2. The second kappa shape index (κ2) is 9.31. The molecule has 6 rings (SSSR count). The monoisotopic (exact) mass is 691 g/mol. The number of rotatable bonds is 6. The van der Waals surface area contributed by atoms with E-state index in [1.54, 1.807) is 0 Å². The van der Waals surface area contributed by atoms with Gasteiger partial charge < -0.3 is 0 Å². The summed E-state index contributed by atoms with van der Waals surface area (Å²) >= 11 is -4.44. The van der Waals surface area contributed by atoms with Gasteiger partial charge in [0.05, 0.1) is 0 Å². The van der Waals surface area contributed by atoms with Crippen molar-refractivity contribution in [1.82, 2.24) is 0 Å². The van der Waals surface area contributed by atoms with Crippen LogP contribution < -0.4 is 0 Å².